The minimum Gasteiger partial charge on any atom is -0.0847 e. The van der Waals surface area contributed by atoms with Crippen molar-refractivity contribution in [1.29, 1.82) is 0 Å². The molecule has 0 aromatic carbocycles. The number of allylic oxidation sites excluding steroid dienone is 2. The number of hydrogen-bond acceptors (Lipinski definition) is 0. The Morgan fingerprint density at radius 3 is 2.50 bits per heavy atom. The molecular weight excluding hydrogens is 336 g/mol. The van der Waals surface area contributed by atoms with Gasteiger partial charge in [0, 0.05) is 0 Å². The molecule has 0 nitrogen and oxygen atoms in total. The van der Waals surface area contributed by atoms with Crippen molar-refractivity contribution in [1.82, 2.24) is 0 Å². The molecule has 3 aliphatic carbocycles. The molecule has 0 amide bonds. The molecule has 0 aromatic heterocycles. The molecule has 28 heavy (non-hydrogen) atoms. The summed E-state index contributed by atoms with van der Waals surface area (Å²) in [6.07, 6.45) is 21.6. The molecule has 0 heteroatoms. The highest BCUT2D eigenvalue weighted by Gasteiger charge is 2.47. The second kappa shape index (κ2) is 9.26. The van der Waals surface area contributed by atoms with Crippen LogP contribution in [0.25, 0.3) is 0 Å². The third-order valence-corrected chi connectivity index (χ3v) is 9.88. The lowest BCUT2D eigenvalue weighted by molar-refractivity contribution is 0.0878. The Balaban J connectivity index is 1.70. The lowest BCUT2D eigenvalue weighted by atomic mass is 9.58. The molecule has 0 N–H and O–H groups in total. The second-order valence-corrected chi connectivity index (χ2v) is 12.2. The maximum Gasteiger partial charge on any atom is -0.00906 e. The summed E-state index contributed by atoms with van der Waals surface area (Å²) in [7, 11) is 0. The summed E-state index contributed by atoms with van der Waals surface area (Å²) in [4.78, 5) is 0. The third-order valence-electron chi connectivity index (χ3n) is 9.88. The van der Waals surface area contributed by atoms with Crippen LogP contribution in [0, 0.1) is 40.4 Å². The predicted molar refractivity (Wildman–Crippen MR) is 124 cm³/mol. The summed E-state index contributed by atoms with van der Waals surface area (Å²) in [5.74, 6) is 4.61. The van der Waals surface area contributed by atoms with Crippen molar-refractivity contribution in [3.8, 4) is 0 Å². The Labute approximate surface area is 177 Å². The van der Waals surface area contributed by atoms with Crippen molar-refractivity contribution in [3.63, 3.8) is 0 Å². The van der Waals surface area contributed by atoms with Gasteiger partial charge in [-0.2, -0.15) is 0 Å². The molecule has 0 aromatic rings. The van der Waals surface area contributed by atoms with Crippen molar-refractivity contribution in [2.75, 3.05) is 0 Å². The quantitative estimate of drug-likeness (QED) is 0.326. The zero-order chi connectivity index (χ0) is 20.4. The van der Waals surface area contributed by atoms with Crippen molar-refractivity contribution in [2.24, 2.45) is 40.4 Å². The first-order valence-corrected chi connectivity index (χ1v) is 12.9. The molecule has 0 radical (unpaired) electrons. The van der Waals surface area contributed by atoms with Crippen LogP contribution in [-0.2, 0) is 0 Å². The van der Waals surface area contributed by atoms with Crippen LogP contribution in [-0.4, -0.2) is 0 Å². The van der Waals surface area contributed by atoms with Crippen molar-refractivity contribution in [3.05, 3.63) is 11.6 Å². The van der Waals surface area contributed by atoms with Gasteiger partial charge in [-0.25, -0.2) is 0 Å². The lowest BCUT2D eigenvalue weighted by Crippen LogP contribution is -2.36. The fourth-order valence-corrected chi connectivity index (χ4v) is 7.30. The summed E-state index contributed by atoms with van der Waals surface area (Å²) < 4.78 is 0. The molecule has 2 unspecified atom stereocenters. The largest absolute Gasteiger partial charge is 0.0847 e. The van der Waals surface area contributed by atoms with E-state index in [0.29, 0.717) is 10.8 Å². The maximum absolute atomic E-state index is 2.73. The Kier molecular flexibility index (Phi) is 7.42. The van der Waals surface area contributed by atoms with Gasteiger partial charge < -0.3 is 0 Å². The van der Waals surface area contributed by atoms with E-state index in [1.54, 1.807) is 0 Å². The zero-order valence-electron chi connectivity index (χ0n) is 20.2. The third kappa shape index (κ3) is 4.73. The van der Waals surface area contributed by atoms with Gasteiger partial charge in [-0.1, -0.05) is 72.5 Å². The van der Waals surface area contributed by atoms with Gasteiger partial charge in [0.2, 0.25) is 0 Å². The van der Waals surface area contributed by atoms with E-state index in [9.17, 15) is 0 Å². The minimum atomic E-state index is 0.487. The van der Waals surface area contributed by atoms with Crippen LogP contribution in [0.1, 0.15) is 125 Å². The van der Waals surface area contributed by atoms with E-state index < -0.39 is 0 Å². The van der Waals surface area contributed by atoms with E-state index >= 15 is 0 Å². The molecule has 2 fully saturated rings. The molecule has 2 saturated carbocycles. The fraction of sp³-hybridized carbons (Fsp3) is 0.929. The van der Waals surface area contributed by atoms with Gasteiger partial charge in [0.15, 0.2) is 0 Å². The van der Waals surface area contributed by atoms with Gasteiger partial charge in [-0.3, -0.25) is 0 Å². The first-order valence-electron chi connectivity index (χ1n) is 12.9. The van der Waals surface area contributed by atoms with Crippen LogP contribution < -0.4 is 0 Å². The highest BCUT2D eigenvalue weighted by molar-refractivity contribution is 5.19. The molecule has 0 saturated heterocycles. The predicted octanol–water partition coefficient (Wildman–Crippen LogP) is 9.20. The van der Waals surface area contributed by atoms with Crippen LogP contribution in [0.3, 0.4) is 0 Å². The molecule has 0 heterocycles. The average molecular weight is 387 g/mol. The van der Waals surface area contributed by atoms with Gasteiger partial charge >= 0.3 is 0 Å². The van der Waals surface area contributed by atoms with Crippen molar-refractivity contribution in [2.45, 2.75) is 125 Å². The van der Waals surface area contributed by atoms with Crippen LogP contribution in [0.15, 0.2) is 11.6 Å². The number of rotatable bonds is 5. The normalized spacial score (nSPS) is 43.9. The summed E-state index contributed by atoms with van der Waals surface area (Å²) in [5.41, 5.74) is 2.95. The van der Waals surface area contributed by atoms with Crippen LogP contribution >= 0.6 is 0 Å². The highest BCUT2D eigenvalue weighted by atomic mass is 14.5. The van der Waals surface area contributed by atoms with E-state index in [-0.39, 0.29) is 0 Å². The monoisotopic (exact) mass is 386 g/mol. The van der Waals surface area contributed by atoms with E-state index in [2.05, 4.69) is 47.6 Å². The van der Waals surface area contributed by atoms with Gasteiger partial charge in [0.05, 0.1) is 0 Å². The number of hydrogen-bond donors (Lipinski definition) is 0. The molecule has 0 spiro atoms. The topological polar surface area (TPSA) is 0 Å². The minimum absolute atomic E-state index is 0.487. The van der Waals surface area contributed by atoms with E-state index in [4.69, 9.17) is 0 Å². The summed E-state index contributed by atoms with van der Waals surface area (Å²) in [6, 6.07) is 0. The van der Waals surface area contributed by atoms with E-state index in [1.165, 1.54) is 83.5 Å². The van der Waals surface area contributed by atoms with Crippen LogP contribution in [0.4, 0.5) is 0 Å². The number of unbranched alkanes of at least 4 members (excludes halogenated alkanes) is 1. The van der Waals surface area contributed by atoms with Crippen LogP contribution in [0.2, 0.25) is 0 Å². The Bertz CT molecular complexity index is 528. The van der Waals surface area contributed by atoms with Gasteiger partial charge in [-0.15, -0.1) is 0 Å². The standard InChI is InChI=1S/C28H50/c1-21(2)10-7-8-11-24-14-15-25-12-9-13-26-20-22(3)16-18-27(26,5)23(4)17-19-28(24,25)6/h13,21-25H,7-12,14-20H2,1-6H3/b26-13-/t22-,23?,24-,25?,27+,28+/m0/s1. The highest BCUT2D eigenvalue weighted by Crippen LogP contribution is 2.57. The molecule has 6 atom stereocenters. The molecule has 3 rings (SSSR count). The lowest BCUT2D eigenvalue weighted by Gasteiger charge is -2.47. The SMILES string of the molecule is CC(C)CCCC[C@H]1CCC2CC/C=C3/C[C@@H](C)CC[C@]3(C)C(C)CC[C@@]21C. The van der Waals surface area contributed by atoms with E-state index in [0.717, 1.165) is 29.6 Å². The Hall–Kier alpha value is -0.260. The zero-order valence-corrected chi connectivity index (χ0v) is 20.2. The Morgan fingerprint density at radius 1 is 0.964 bits per heavy atom. The summed E-state index contributed by atoms with van der Waals surface area (Å²) in [5, 5.41) is 0. The molecule has 3 aliphatic rings. The summed E-state index contributed by atoms with van der Waals surface area (Å²) >= 11 is 0. The molecule has 0 bridgehead atoms. The molecular formula is C28H50. The first kappa shape index (κ1) is 22.4. The van der Waals surface area contributed by atoms with Crippen molar-refractivity contribution >= 4 is 0 Å². The number of fused-ring (bicyclic) bond motifs is 2. The average Bonchev–Trinajstić information content (AvgIpc) is 2.95. The second-order valence-electron chi connectivity index (χ2n) is 12.2. The maximum atomic E-state index is 2.73. The van der Waals surface area contributed by atoms with E-state index in [1.807, 2.05) is 5.57 Å². The van der Waals surface area contributed by atoms with Crippen LogP contribution in [0.5, 0.6) is 0 Å². The van der Waals surface area contributed by atoms with Crippen molar-refractivity contribution < 1.29 is 0 Å². The Morgan fingerprint density at radius 2 is 1.75 bits per heavy atom. The summed E-state index contributed by atoms with van der Waals surface area (Å²) in [6.45, 7) is 15.2. The first-order chi connectivity index (χ1) is 13.3. The van der Waals surface area contributed by atoms with Gasteiger partial charge in [0.25, 0.3) is 0 Å². The smallest absolute Gasteiger partial charge is 0.00906 e. The van der Waals surface area contributed by atoms with Gasteiger partial charge in [0.1, 0.15) is 0 Å². The van der Waals surface area contributed by atoms with Gasteiger partial charge in [-0.05, 0) is 105 Å². The fourth-order valence-electron chi connectivity index (χ4n) is 7.30. The molecule has 162 valence electrons. The molecule has 0 aliphatic heterocycles.